The summed E-state index contributed by atoms with van der Waals surface area (Å²) in [6, 6.07) is 12.7. The van der Waals surface area contributed by atoms with Crippen LogP contribution >= 0.6 is 11.6 Å². The van der Waals surface area contributed by atoms with Crippen molar-refractivity contribution in [3.8, 4) is 0 Å². The molecule has 0 spiro atoms. The SMILES string of the molecule is CC(=O)c1ccc(S(=O)(=O)NC(=O)c2c(C)nn(Cc3ccccc3Cl)c2C)cc1. The van der Waals surface area contributed by atoms with Gasteiger partial charge in [0.05, 0.1) is 22.7 Å². The molecule has 0 saturated carbocycles. The van der Waals surface area contributed by atoms with Crippen LogP contribution in [0, 0.1) is 13.8 Å². The lowest BCUT2D eigenvalue weighted by Gasteiger charge is -2.09. The number of benzene rings is 2. The number of hydrogen-bond donors (Lipinski definition) is 1. The molecule has 0 fully saturated rings. The Hall–Kier alpha value is -2.97. The lowest BCUT2D eigenvalue weighted by Crippen LogP contribution is -2.31. The molecule has 0 aliphatic heterocycles. The molecule has 0 saturated heterocycles. The zero-order chi connectivity index (χ0) is 22.1. The smallest absolute Gasteiger partial charge is 0.268 e. The first-order chi connectivity index (χ1) is 14.1. The molecular weight excluding hydrogens is 426 g/mol. The van der Waals surface area contributed by atoms with Crippen molar-refractivity contribution in [3.05, 3.63) is 81.6 Å². The van der Waals surface area contributed by atoms with Crippen LogP contribution < -0.4 is 4.72 Å². The van der Waals surface area contributed by atoms with Crippen LogP contribution in [0.3, 0.4) is 0 Å². The summed E-state index contributed by atoms with van der Waals surface area (Å²) in [6.45, 7) is 5.06. The van der Waals surface area contributed by atoms with Crippen molar-refractivity contribution in [2.24, 2.45) is 0 Å². The number of Topliss-reactive ketones (excluding diaryl/α,β-unsaturated/α-hetero) is 1. The fourth-order valence-corrected chi connectivity index (χ4v) is 4.22. The molecule has 0 radical (unpaired) electrons. The summed E-state index contributed by atoms with van der Waals surface area (Å²) >= 11 is 6.20. The van der Waals surface area contributed by atoms with Crippen LogP contribution in [0.2, 0.25) is 5.02 Å². The summed E-state index contributed by atoms with van der Waals surface area (Å²) in [4.78, 5) is 24.0. The highest BCUT2D eigenvalue weighted by Gasteiger charge is 2.24. The number of halogens is 1. The van der Waals surface area contributed by atoms with Crippen LogP contribution in [0.4, 0.5) is 0 Å². The first-order valence-electron chi connectivity index (χ1n) is 9.05. The summed E-state index contributed by atoms with van der Waals surface area (Å²) in [7, 11) is -4.11. The van der Waals surface area contributed by atoms with E-state index in [1.807, 2.05) is 18.2 Å². The molecule has 3 aromatic rings. The highest BCUT2D eigenvalue weighted by Crippen LogP contribution is 2.20. The predicted molar refractivity (Wildman–Crippen MR) is 113 cm³/mol. The number of carbonyl (C=O) groups is 2. The minimum atomic E-state index is -4.11. The number of rotatable bonds is 6. The first-order valence-corrected chi connectivity index (χ1v) is 10.9. The van der Waals surface area contributed by atoms with Crippen molar-refractivity contribution in [1.29, 1.82) is 0 Å². The van der Waals surface area contributed by atoms with Crippen molar-refractivity contribution in [2.45, 2.75) is 32.2 Å². The summed E-state index contributed by atoms with van der Waals surface area (Å²) in [5, 5.41) is 4.94. The maximum atomic E-state index is 12.8. The summed E-state index contributed by atoms with van der Waals surface area (Å²) in [6.07, 6.45) is 0. The Morgan fingerprint density at radius 3 is 2.30 bits per heavy atom. The average molecular weight is 446 g/mol. The molecule has 0 atom stereocenters. The Balaban J connectivity index is 1.85. The Morgan fingerprint density at radius 2 is 1.70 bits per heavy atom. The van der Waals surface area contributed by atoms with E-state index in [1.54, 1.807) is 24.6 Å². The maximum absolute atomic E-state index is 12.8. The van der Waals surface area contributed by atoms with E-state index in [-0.39, 0.29) is 16.2 Å². The van der Waals surface area contributed by atoms with E-state index in [0.29, 0.717) is 28.5 Å². The molecule has 30 heavy (non-hydrogen) atoms. The normalized spacial score (nSPS) is 11.3. The van der Waals surface area contributed by atoms with Crippen molar-refractivity contribution >= 4 is 33.3 Å². The van der Waals surface area contributed by atoms with E-state index in [0.717, 1.165) is 5.56 Å². The van der Waals surface area contributed by atoms with Crippen LogP contribution in [0.1, 0.15) is 44.6 Å². The van der Waals surface area contributed by atoms with Crippen LogP contribution in [0.25, 0.3) is 0 Å². The van der Waals surface area contributed by atoms with Gasteiger partial charge < -0.3 is 0 Å². The first kappa shape index (κ1) is 21.7. The number of amides is 1. The molecule has 0 aliphatic carbocycles. The number of sulfonamides is 1. The molecule has 0 unspecified atom stereocenters. The number of carbonyl (C=O) groups excluding carboxylic acids is 2. The second-order valence-electron chi connectivity index (χ2n) is 6.81. The Labute approximate surface area is 179 Å². The second-order valence-corrected chi connectivity index (χ2v) is 8.90. The molecule has 9 heteroatoms. The molecule has 1 heterocycles. The van der Waals surface area contributed by atoms with Crippen molar-refractivity contribution < 1.29 is 18.0 Å². The predicted octanol–water partition coefficient (Wildman–Crippen LogP) is 3.52. The van der Waals surface area contributed by atoms with Crippen LogP contribution in [-0.4, -0.2) is 29.9 Å². The zero-order valence-electron chi connectivity index (χ0n) is 16.6. The van der Waals surface area contributed by atoms with Gasteiger partial charge in [0, 0.05) is 16.3 Å². The number of nitrogens with one attached hydrogen (secondary N) is 1. The molecule has 3 rings (SSSR count). The quantitative estimate of drug-likeness (QED) is 0.585. The van der Waals surface area contributed by atoms with Gasteiger partial charge >= 0.3 is 0 Å². The van der Waals surface area contributed by atoms with Gasteiger partial charge in [0.15, 0.2) is 5.78 Å². The van der Waals surface area contributed by atoms with Gasteiger partial charge in [-0.2, -0.15) is 5.10 Å². The minimum absolute atomic E-state index is 0.111. The van der Waals surface area contributed by atoms with E-state index in [1.165, 1.54) is 31.2 Å². The molecule has 1 aromatic heterocycles. The van der Waals surface area contributed by atoms with Gasteiger partial charge in [-0.15, -0.1) is 0 Å². The standard InChI is InChI=1S/C21H20ClN3O4S/c1-13-20(14(2)25(23-13)12-17-6-4-5-7-19(17)22)21(27)24-30(28,29)18-10-8-16(9-11-18)15(3)26/h4-11H,12H2,1-3H3,(H,24,27). The van der Waals surface area contributed by atoms with Gasteiger partial charge in [-0.3, -0.25) is 14.3 Å². The topological polar surface area (TPSA) is 98.1 Å². The van der Waals surface area contributed by atoms with Crippen molar-refractivity contribution in [3.63, 3.8) is 0 Å². The summed E-state index contributed by atoms with van der Waals surface area (Å²) in [5.41, 5.74) is 2.32. The minimum Gasteiger partial charge on any atom is -0.295 e. The lowest BCUT2D eigenvalue weighted by atomic mass is 10.2. The summed E-state index contributed by atoms with van der Waals surface area (Å²) < 4.78 is 28.9. The third-order valence-electron chi connectivity index (χ3n) is 4.68. The number of hydrogen-bond acceptors (Lipinski definition) is 5. The van der Waals surface area contributed by atoms with Gasteiger partial charge in [-0.25, -0.2) is 13.1 Å². The highest BCUT2D eigenvalue weighted by molar-refractivity contribution is 7.90. The van der Waals surface area contributed by atoms with E-state index in [4.69, 9.17) is 11.6 Å². The highest BCUT2D eigenvalue weighted by atomic mass is 35.5. The number of ketones is 1. The molecule has 2 aromatic carbocycles. The van der Waals surface area contributed by atoms with Crippen LogP contribution in [0.15, 0.2) is 53.4 Å². The average Bonchev–Trinajstić information content (AvgIpc) is 2.96. The van der Waals surface area contributed by atoms with Crippen molar-refractivity contribution in [2.75, 3.05) is 0 Å². The van der Waals surface area contributed by atoms with Crippen molar-refractivity contribution in [1.82, 2.24) is 14.5 Å². The monoisotopic (exact) mass is 445 g/mol. The number of aromatic nitrogens is 2. The second kappa shape index (κ2) is 8.41. The molecule has 0 bridgehead atoms. The van der Waals surface area contributed by atoms with Crippen LogP contribution in [-0.2, 0) is 16.6 Å². The molecule has 156 valence electrons. The van der Waals surface area contributed by atoms with Gasteiger partial charge in [0.25, 0.3) is 15.9 Å². The molecule has 1 amide bonds. The maximum Gasteiger partial charge on any atom is 0.268 e. The Bertz CT molecular complexity index is 1230. The fourth-order valence-electron chi connectivity index (χ4n) is 3.07. The molecule has 1 N–H and O–H groups in total. The largest absolute Gasteiger partial charge is 0.295 e. The van der Waals surface area contributed by atoms with E-state index in [9.17, 15) is 18.0 Å². The number of nitrogens with zero attached hydrogens (tertiary/aromatic N) is 2. The van der Waals surface area contributed by atoms with E-state index in [2.05, 4.69) is 9.82 Å². The molecule has 7 nitrogen and oxygen atoms in total. The Kier molecular flexibility index (Phi) is 6.09. The van der Waals surface area contributed by atoms with Gasteiger partial charge in [0.1, 0.15) is 0 Å². The van der Waals surface area contributed by atoms with Gasteiger partial charge in [-0.1, -0.05) is 41.9 Å². The van der Waals surface area contributed by atoms with E-state index < -0.39 is 15.9 Å². The zero-order valence-corrected chi connectivity index (χ0v) is 18.2. The van der Waals surface area contributed by atoms with Gasteiger partial charge in [0.2, 0.25) is 0 Å². The third-order valence-corrected chi connectivity index (χ3v) is 6.40. The fraction of sp³-hybridized carbons (Fsp3) is 0.190. The molecular formula is C21H20ClN3O4S. The number of aryl methyl sites for hydroxylation is 1. The Morgan fingerprint density at radius 1 is 1.07 bits per heavy atom. The van der Waals surface area contributed by atoms with Gasteiger partial charge in [-0.05, 0) is 44.5 Å². The molecule has 0 aliphatic rings. The van der Waals surface area contributed by atoms with E-state index >= 15 is 0 Å². The summed E-state index contributed by atoms with van der Waals surface area (Å²) in [5.74, 6) is -0.953. The van der Waals surface area contributed by atoms with Crippen LogP contribution in [0.5, 0.6) is 0 Å². The third kappa shape index (κ3) is 4.44. The lowest BCUT2D eigenvalue weighted by molar-refractivity contribution is 0.0977.